The van der Waals surface area contributed by atoms with Gasteiger partial charge in [0, 0.05) is 0 Å². The molecule has 0 spiro atoms. The van der Waals surface area contributed by atoms with Crippen molar-refractivity contribution in [1.82, 2.24) is 14.8 Å². The predicted molar refractivity (Wildman–Crippen MR) is 98.3 cm³/mol. The van der Waals surface area contributed by atoms with Gasteiger partial charge in [0.1, 0.15) is 17.6 Å². The number of benzene rings is 2. The van der Waals surface area contributed by atoms with Gasteiger partial charge in [0.2, 0.25) is 5.69 Å². The largest absolute Gasteiger partial charge is 0.497 e. The van der Waals surface area contributed by atoms with E-state index in [1.165, 1.54) is 12.1 Å². The molecule has 0 atom stereocenters. The van der Waals surface area contributed by atoms with E-state index >= 15 is 0 Å². The molecule has 0 amide bonds. The summed E-state index contributed by atoms with van der Waals surface area (Å²) >= 11 is 12.5. The molecular formula is C17H10Cl2N4O4. The predicted octanol–water partition coefficient (Wildman–Crippen LogP) is 2.90. The Morgan fingerprint density at radius 2 is 1.70 bits per heavy atom. The quantitative estimate of drug-likeness (QED) is 0.715. The van der Waals surface area contributed by atoms with E-state index in [1.54, 1.807) is 37.4 Å². The highest BCUT2D eigenvalue weighted by Gasteiger charge is 2.15. The first-order valence-electron chi connectivity index (χ1n) is 7.38. The van der Waals surface area contributed by atoms with Gasteiger partial charge >= 0.3 is 5.69 Å². The SMILES string of the molecule is COc1ccc(Oc2c(Cl)cc(-n3nc(C#N)c(=O)[nH]c3=O)cc2Cl)cc1. The lowest BCUT2D eigenvalue weighted by molar-refractivity contribution is 0.413. The Morgan fingerprint density at radius 1 is 1.11 bits per heavy atom. The van der Waals surface area contributed by atoms with E-state index in [1.807, 2.05) is 4.98 Å². The van der Waals surface area contributed by atoms with E-state index in [0.717, 1.165) is 4.68 Å². The number of nitrogens with zero attached hydrogens (tertiary/aromatic N) is 3. The van der Waals surface area contributed by atoms with E-state index in [4.69, 9.17) is 37.9 Å². The monoisotopic (exact) mass is 404 g/mol. The molecule has 0 fully saturated rings. The van der Waals surface area contributed by atoms with E-state index in [0.29, 0.717) is 11.5 Å². The van der Waals surface area contributed by atoms with Crippen LogP contribution in [0.3, 0.4) is 0 Å². The molecule has 0 unspecified atom stereocenters. The summed E-state index contributed by atoms with van der Waals surface area (Å²) in [5.74, 6) is 1.30. The minimum absolute atomic E-state index is 0.103. The Labute approximate surface area is 162 Å². The van der Waals surface area contributed by atoms with Crippen LogP contribution >= 0.6 is 23.2 Å². The topological polar surface area (TPSA) is 110 Å². The number of hydrogen-bond acceptors (Lipinski definition) is 6. The highest BCUT2D eigenvalue weighted by molar-refractivity contribution is 6.37. The Bertz CT molecular complexity index is 1140. The molecule has 8 nitrogen and oxygen atoms in total. The van der Waals surface area contributed by atoms with Crippen LogP contribution in [0, 0.1) is 11.3 Å². The van der Waals surface area contributed by atoms with Crippen molar-refractivity contribution in [2.24, 2.45) is 0 Å². The van der Waals surface area contributed by atoms with Crippen LogP contribution in [0.5, 0.6) is 17.2 Å². The van der Waals surface area contributed by atoms with Gasteiger partial charge in [-0.2, -0.15) is 9.94 Å². The van der Waals surface area contributed by atoms with Gasteiger partial charge in [0.05, 0.1) is 22.8 Å². The van der Waals surface area contributed by atoms with Crippen LogP contribution in [0.4, 0.5) is 0 Å². The van der Waals surface area contributed by atoms with Crippen LogP contribution < -0.4 is 20.7 Å². The molecule has 1 aromatic heterocycles. The summed E-state index contributed by atoms with van der Waals surface area (Å²) in [6.45, 7) is 0. The first-order chi connectivity index (χ1) is 12.9. The number of aromatic amines is 1. The van der Waals surface area contributed by atoms with E-state index in [9.17, 15) is 9.59 Å². The van der Waals surface area contributed by atoms with E-state index in [-0.39, 0.29) is 21.5 Å². The lowest BCUT2D eigenvalue weighted by Gasteiger charge is -2.12. The Balaban J connectivity index is 2.01. The van der Waals surface area contributed by atoms with E-state index < -0.39 is 16.9 Å². The first kappa shape index (κ1) is 18.5. The molecule has 2 aromatic carbocycles. The lowest BCUT2D eigenvalue weighted by atomic mass is 10.3. The van der Waals surface area contributed by atoms with Gasteiger partial charge in [-0.25, -0.2) is 4.79 Å². The summed E-state index contributed by atoms with van der Waals surface area (Å²) in [5, 5.41) is 12.8. The summed E-state index contributed by atoms with van der Waals surface area (Å²) < 4.78 is 11.6. The zero-order valence-electron chi connectivity index (χ0n) is 13.7. The molecule has 0 bridgehead atoms. The van der Waals surface area contributed by atoms with Crippen molar-refractivity contribution in [3.63, 3.8) is 0 Å². The number of ether oxygens (including phenoxy) is 2. The fourth-order valence-corrected chi connectivity index (χ4v) is 2.73. The zero-order valence-corrected chi connectivity index (χ0v) is 15.2. The molecule has 0 radical (unpaired) electrons. The van der Waals surface area contributed by atoms with Crippen LogP contribution in [0.2, 0.25) is 10.0 Å². The van der Waals surface area contributed by atoms with Crippen molar-refractivity contribution >= 4 is 23.2 Å². The summed E-state index contributed by atoms with van der Waals surface area (Å²) in [6, 6.07) is 11.1. The second kappa shape index (κ2) is 7.53. The summed E-state index contributed by atoms with van der Waals surface area (Å²) in [5.41, 5.74) is -2.03. The van der Waals surface area contributed by atoms with Gasteiger partial charge in [-0.15, -0.1) is 5.10 Å². The molecule has 27 heavy (non-hydrogen) atoms. The average Bonchev–Trinajstić information content (AvgIpc) is 2.65. The number of halogens is 2. The molecule has 0 aliphatic heterocycles. The summed E-state index contributed by atoms with van der Waals surface area (Å²) in [6.07, 6.45) is 0. The average molecular weight is 405 g/mol. The Kier molecular flexibility index (Phi) is 5.16. The fraction of sp³-hybridized carbons (Fsp3) is 0.0588. The number of nitriles is 1. The molecule has 10 heteroatoms. The number of methoxy groups -OCH3 is 1. The second-order valence-electron chi connectivity index (χ2n) is 5.15. The molecule has 0 aliphatic carbocycles. The van der Waals surface area contributed by atoms with Crippen molar-refractivity contribution < 1.29 is 9.47 Å². The fourth-order valence-electron chi connectivity index (χ4n) is 2.18. The van der Waals surface area contributed by atoms with Gasteiger partial charge in [0.25, 0.3) is 5.56 Å². The van der Waals surface area contributed by atoms with Crippen LogP contribution in [0.1, 0.15) is 5.69 Å². The van der Waals surface area contributed by atoms with Crippen LogP contribution in [-0.2, 0) is 0 Å². The minimum Gasteiger partial charge on any atom is -0.497 e. The molecule has 0 saturated heterocycles. The smallest absolute Gasteiger partial charge is 0.349 e. The molecule has 1 heterocycles. The molecule has 136 valence electrons. The third-order valence-electron chi connectivity index (χ3n) is 3.44. The van der Waals surface area contributed by atoms with Gasteiger partial charge in [-0.1, -0.05) is 23.2 Å². The summed E-state index contributed by atoms with van der Waals surface area (Å²) in [4.78, 5) is 25.4. The highest BCUT2D eigenvalue weighted by atomic mass is 35.5. The van der Waals surface area contributed by atoms with Gasteiger partial charge in [0.15, 0.2) is 5.75 Å². The molecule has 0 aliphatic rings. The van der Waals surface area contributed by atoms with Crippen molar-refractivity contribution in [2.45, 2.75) is 0 Å². The van der Waals surface area contributed by atoms with Gasteiger partial charge < -0.3 is 9.47 Å². The normalized spacial score (nSPS) is 10.3. The number of H-pyrrole nitrogens is 1. The number of nitrogens with one attached hydrogen (secondary N) is 1. The highest BCUT2D eigenvalue weighted by Crippen LogP contribution is 2.38. The molecule has 0 saturated carbocycles. The maximum Gasteiger partial charge on any atom is 0.349 e. The van der Waals surface area contributed by atoms with Crippen molar-refractivity contribution in [3.05, 3.63) is 73.0 Å². The zero-order chi connectivity index (χ0) is 19.6. The number of hydrogen-bond donors (Lipinski definition) is 1. The Hall–Kier alpha value is -3.28. The molecule has 3 aromatic rings. The maximum atomic E-state index is 12.0. The third-order valence-corrected chi connectivity index (χ3v) is 4.00. The second-order valence-corrected chi connectivity index (χ2v) is 5.96. The maximum absolute atomic E-state index is 12.0. The van der Waals surface area contributed by atoms with Gasteiger partial charge in [-0.05, 0) is 36.4 Å². The summed E-state index contributed by atoms with van der Waals surface area (Å²) in [7, 11) is 1.55. The standard InChI is InChI=1S/C17H10Cl2N4O4/c1-26-10-2-4-11(5-3-10)27-15-12(18)6-9(7-13(15)19)23-17(25)21-16(24)14(8-20)22-23/h2-7H,1H3,(H,21,24,25). The van der Waals surface area contributed by atoms with Crippen molar-refractivity contribution in [3.8, 4) is 29.0 Å². The molecule has 3 rings (SSSR count). The van der Waals surface area contributed by atoms with Crippen LogP contribution in [0.15, 0.2) is 46.0 Å². The van der Waals surface area contributed by atoms with Gasteiger partial charge in [-0.3, -0.25) is 9.78 Å². The van der Waals surface area contributed by atoms with Crippen molar-refractivity contribution in [1.29, 1.82) is 5.26 Å². The lowest BCUT2D eigenvalue weighted by Crippen LogP contribution is -2.33. The first-order valence-corrected chi connectivity index (χ1v) is 8.13. The minimum atomic E-state index is -0.879. The van der Waals surface area contributed by atoms with Crippen molar-refractivity contribution in [2.75, 3.05) is 7.11 Å². The Morgan fingerprint density at radius 3 is 2.26 bits per heavy atom. The van der Waals surface area contributed by atoms with E-state index in [2.05, 4.69) is 5.10 Å². The molecule has 1 N–H and O–H groups in total. The number of rotatable bonds is 4. The molecular weight excluding hydrogens is 395 g/mol. The van der Waals surface area contributed by atoms with Crippen LogP contribution in [0.25, 0.3) is 5.69 Å². The third kappa shape index (κ3) is 3.79. The number of aromatic nitrogens is 3. The van der Waals surface area contributed by atoms with Crippen LogP contribution in [-0.4, -0.2) is 21.9 Å².